The molecule has 0 radical (unpaired) electrons. The standard InChI is InChI=1S/C5H12OS2/c1-4-7-8-6-5(2)3/h5H,4H2,1-3H3. The highest BCUT2D eigenvalue weighted by molar-refractivity contribution is 8.74. The van der Waals surface area contributed by atoms with Crippen molar-refractivity contribution < 1.29 is 4.18 Å². The Hall–Kier alpha value is 0.660. The van der Waals surface area contributed by atoms with Crippen molar-refractivity contribution in [3.8, 4) is 0 Å². The normalized spacial score (nSPS) is 10.5. The summed E-state index contributed by atoms with van der Waals surface area (Å²) in [6.45, 7) is 6.17. The van der Waals surface area contributed by atoms with E-state index in [4.69, 9.17) is 4.18 Å². The van der Waals surface area contributed by atoms with E-state index in [0.717, 1.165) is 5.75 Å². The second kappa shape index (κ2) is 5.79. The van der Waals surface area contributed by atoms with Crippen molar-refractivity contribution in [3.63, 3.8) is 0 Å². The molecule has 0 aliphatic carbocycles. The van der Waals surface area contributed by atoms with Gasteiger partial charge in [0.1, 0.15) is 0 Å². The molecule has 0 amide bonds. The first-order valence-corrected chi connectivity index (χ1v) is 4.96. The average Bonchev–Trinajstić information content (AvgIpc) is 1.66. The zero-order chi connectivity index (χ0) is 6.41. The molecule has 0 aromatic carbocycles. The number of rotatable bonds is 4. The summed E-state index contributed by atoms with van der Waals surface area (Å²) in [7, 11) is 1.73. The van der Waals surface area contributed by atoms with Crippen molar-refractivity contribution in [1.29, 1.82) is 0 Å². The van der Waals surface area contributed by atoms with Gasteiger partial charge in [-0.15, -0.1) is 0 Å². The molecule has 0 N–H and O–H groups in total. The molecule has 0 aliphatic rings. The highest BCUT2D eigenvalue weighted by Gasteiger charge is 1.91. The average molecular weight is 152 g/mol. The van der Waals surface area contributed by atoms with Crippen LogP contribution in [0, 0.1) is 0 Å². The van der Waals surface area contributed by atoms with E-state index in [-0.39, 0.29) is 0 Å². The highest BCUT2D eigenvalue weighted by atomic mass is 33.1. The topological polar surface area (TPSA) is 9.23 Å². The summed E-state index contributed by atoms with van der Waals surface area (Å²) in [4.78, 5) is 0. The van der Waals surface area contributed by atoms with Gasteiger partial charge in [-0.2, -0.15) is 0 Å². The molecule has 0 heterocycles. The third kappa shape index (κ3) is 6.66. The summed E-state index contributed by atoms with van der Waals surface area (Å²) < 4.78 is 5.16. The fraction of sp³-hybridized carbons (Fsp3) is 1.00. The summed E-state index contributed by atoms with van der Waals surface area (Å²) in [5, 5.41) is 0. The Kier molecular flexibility index (Phi) is 6.27. The molecule has 1 nitrogen and oxygen atoms in total. The van der Waals surface area contributed by atoms with E-state index in [1.165, 1.54) is 11.1 Å². The molecule has 0 atom stereocenters. The van der Waals surface area contributed by atoms with E-state index in [1.54, 1.807) is 10.8 Å². The molecule has 0 fully saturated rings. The van der Waals surface area contributed by atoms with Crippen LogP contribution in [0.3, 0.4) is 0 Å². The van der Waals surface area contributed by atoms with Crippen molar-refractivity contribution in [2.75, 3.05) is 5.75 Å². The first-order chi connectivity index (χ1) is 3.77. The van der Waals surface area contributed by atoms with Crippen LogP contribution in [0.25, 0.3) is 0 Å². The van der Waals surface area contributed by atoms with Gasteiger partial charge in [0.05, 0.1) is 17.2 Å². The quantitative estimate of drug-likeness (QED) is 0.348. The first kappa shape index (κ1) is 8.66. The Balaban J connectivity index is 2.72. The monoisotopic (exact) mass is 152 g/mol. The van der Waals surface area contributed by atoms with E-state index in [1.807, 2.05) is 13.8 Å². The number of hydrogen-bond acceptors (Lipinski definition) is 3. The van der Waals surface area contributed by atoms with E-state index in [2.05, 4.69) is 6.92 Å². The zero-order valence-electron chi connectivity index (χ0n) is 5.51. The van der Waals surface area contributed by atoms with E-state index >= 15 is 0 Å². The third-order valence-electron chi connectivity index (χ3n) is 0.398. The maximum atomic E-state index is 5.16. The van der Waals surface area contributed by atoms with Crippen LogP contribution in [0.1, 0.15) is 20.8 Å². The van der Waals surface area contributed by atoms with Gasteiger partial charge in [-0.05, 0) is 13.8 Å². The summed E-state index contributed by atoms with van der Waals surface area (Å²) in [5.74, 6) is 1.11. The Morgan fingerprint density at radius 1 is 1.50 bits per heavy atom. The molecule has 0 aliphatic heterocycles. The van der Waals surface area contributed by atoms with Gasteiger partial charge in [-0.1, -0.05) is 17.7 Å². The van der Waals surface area contributed by atoms with E-state index < -0.39 is 0 Å². The molecule has 0 aromatic rings. The maximum absolute atomic E-state index is 5.16. The summed E-state index contributed by atoms with van der Waals surface area (Å²) in [5.41, 5.74) is 0. The van der Waals surface area contributed by atoms with Crippen molar-refractivity contribution in [2.45, 2.75) is 26.9 Å². The highest BCUT2D eigenvalue weighted by Crippen LogP contribution is 2.22. The van der Waals surface area contributed by atoms with Gasteiger partial charge in [-0.25, -0.2) is 0 Å². The fourth-order valence-corrected chi connectivity index (χ4v) is 1.39. The van der Waals surface area contributed by atoms with Gasteiger partial charge in [-0.3, -0.25) is 0 Å². The van der Waals surface area contributed by atoms with Crippen molar-refractivity contribution in [1.82, 2.24) is 0 Å². The minimum atomic E-state index is 0.346. The second-order valence-electron chi connectivity index (χ2n) is 1.62. The van der Waals surface area contributed by atoms with Crippen LogP contribution in [0.4, 0.5) is 0 Å². The fourth-order valence-electron chi connectivity index (χ4n) is 0.154. The van der Waals surface area contributed by atoms with Gasteiger partial charge in [0.25, 0.3) is 0 Å². The SMILES string of the molecule is CCSSOC(C)C. The molecule has 50 valence electrons. The molecular weight excluding hydrogens is 140 g/mol. The summed E-state index contributed by atoms with van der Waals surface area (Å²) >= 11 is 1.48. The number of hydrogen-bond donors (Lipinski definition) is 0. The lowest BCUT2D eigenvalue weighted by molar-refractivity contribution is 0.294. The third-order valence-corrected chi connectivity index (χ3v) is 2.42. The first-order valence-electron chi connectivity index (χ1n) is 2.72. The van der Waals surface area contributed by atoms with Gasteiger partial charge < -0.3 is 4.18 Å². The molecule has 0 unspecified atom stereocenters. The molecule has 0 bridgehead atoms. The van der Waals surface area contributed by atoms with Crippen LogP contribution in [0.2, 0.25) is 0 Å². The molecule has 8 heavy (non-hydrogen) atoms. The van der Waals surface area contributed by atoms with Crippen molar-refractivity contribution in [3.05, 3.63) is 0 Å². The molecular formula is C5H12OS2. The second-order valence-corrected chi connectivity index (χ2v) is 3.88. The molecule has 0 saturated carbocycles. The van der Waals surface area contributed by atoms with Crippen LogP contribution in [-0.4, -0.2) is 11.9 Å². The minimum absolute atomic E-state index is 0.346. The Bertz CT molecular complexity index is 47.7. The Morgan fingerprint density at radius 2 is 2.12 bits per heavy atom. The van der Waals surface area contributed by atoms with Gasteiger partial charge in [0, 0.05) is 5.75 Å². The largest absolute Gasteiger partial charge is 0.302 e. The lowest BCUT2D eigenvalue weighted by atomic mass is 10.5. The summed E-state index contributed by atoms with van der Waals surface area (Å²) in [6.07, 6.45) is 0.346. The van der Waals surface area contributed by atoms with Crippen molar-refractivity contribution >= 4 is 21.9 Å². The lowest BCUT2D eigenvalue weighted by Gasteiger charge is -2.01. The predicted octanol–water partition coefficient (Wildman–Crippen LogP) is 2.73. The smallest absolute Gasteiger partial charge is 0.0676 e. The molecule has 0 aromatic heterocycles. The summed E-state index contributed by atoms with van der Waals surface area (Å²) in [6, 6.07) is 0. The van der Waals surface area contributed by atoms with E-state index in [9.17, 15) is 0 Å². The van der Waals surface area contributed by atoms with Gasteiger partial charge in [0.2, 0.25) is 0 Å². The van der Waals surface area contributed by atoms with Crippen LogP contribution < -0.4 is 0 Å². The van der Waals surface area contributed by atoms with Gasteiger partial charge in [0.15, 0.2) is 0 Å². The molecule has 0 saturated heterocycles. The van der Waals surface area contributed by atoms with Crippen LogP contribution in [-0.2, 0) is 4.18 Å². The Labute approximate surface area is 59.2 Å². The lowest BCUT2D eigenvalue weighted by Crippen LogP contribution is -1.92. The maximum Gasteiger partial charge on any atom is 0.0676 e. The van der Waals surface area contributed by atoms with Crippen molar-refractivity contribution in [2.24, 2.45) is 0 Å². The van der Waals surface area contributed by atoms with Crippen LogP contribution in [0.5, 0.6) is 0 Å². The molecule has 0 spiro atoms. The Morgan fingerprint density at radius 3 is 2.50 bits per heavy atom. The minimum Gasteiger partial charge on any atom is -0.302 e. The van der Waals surface area contributed by atoms with E-state index in [0.29, 0.717) is 6.10 Å². The molecule has 3 heteroatoms. The van der Waals surface area contributed by atoms with Crippen LogP contribution >= 0.6 is 21.9 Å². The molecule has 0 rings (SSSR count). The predicted molar refractivity (Wildman–Crippen MR) is 41.9 cm³/mol. The van der Waals surface area contributed by atoms with Crippen LogP contribution in [0.15, 0.2) is 0 Å². The zero-order valence-corrected chi connectivity index (χ0v) is 7.14. The van der Waals surface area contributed by atoms with Gasteiger partial charge >= 0.3 is 0 Å².